The third kappa shape index (κ3) is 4.81. The average Bonchev–Trinajstić information content (AvgIpc) is 2.93. The molecular weight excluding hydrogens is 476 g/mol. The van der Waals surface area contributed by atoms with E-state index in [4.69, 9.17) is 4.74 Å². The van der Waals surface area contributed by atoms with Crippen LogP contribution in [0.15, 0.2) is 72.8 Å². The number of hydrogen-bond donors (Lipinski definition) is 0. The summed E-state index contributed by atoms with van der Waals surface area (Å²) in [7, 11) is 1.56. The van der Waals surface area contributed by atoms with Crippen LogP contribution in [-0.2, 0) is 9.53 Å². The number of rotatable bonds is 6. The van der Waals surface area contributed by atoms with Gasteiger partial charge in [0.15, 0.2) is 0 Å². The molecule has 0 radical (unpaired) electrons. The zero-order valence-electron chi connectivity index (χ0n) is 20.6. The van der Waals surface area contributed by atoms with Gasteiger partial charge >= 0.3 is 0 Å². The van der Waals surface area contributed by atoms with Gasteiger partial charge in [-0.15, -0.1) is 0 Å². The second-order valence-corrected chi connectivity index (χ2v) is 9.32. The number of methoxy groups -OCH3 is 1. The molecule has 3 aromatic rings. The van der Waals surface area contributed by atoms with Gasteiger partial charge in [0.1, 0.15) is 11.6 Å². The summed E-state index contributed by atoms with van der Waals surface area (Å²) in [6.07, 6.45) is 0. The van der Waals surface area contributed by atoms with Crippen molar-refractivity contribution in [1.82, 2.24) is 9.80 Å². The van der Waals surface area contributed by atoms with Crippen molar-refractivity contribution in [3.63, 3.8) is 0 Å². The van der Waals surface area contributed by atoms with Gasteiger partial charge < -0.3 is 19.4 Å². The van der Waals surface area contributed by atoms with E-state index in [0.29, 0.717) is 55.2 Å². The molecule has 2 heterocycles. The number of hydrogen-bond acceptors (Lipinski definition) is 4. The summed E-state index contributed by atoms with van der Waals surface area (Å²) in [6, 6.07) is 19.2. The number of carbonyl (C=O) groups is 2. The molecule has 0 N–H and O–H groups in total. The van der Waals surface area contributed by atoms with E-state index in [1.165, 1.54) is 18.2 Å². The van der Waals surface area contributed by atoms with Crippen LogP contribution in [0, 0.1) is 11.6 Å². The number of nitrogens with zero attached hydrogens (tertiary/aromatic N) is 3. The molecular formula is C29H29F2N3O3. The van der Waals surface area contributed by atoms with Crippen molar-refractivity contribution in [3.8, 4) is 0 Å². The Labute approximate surface area is 215 Å². The minimum absolute atomic E-state index is 0.107. The van der Waals surface area contributed by atoms with Gasteiger partial charge in [-0.3, -0.25) is 9.59 Å². The highest BCUT2D eigenvalue weighted by molar-refractivity contribution is 6.01. The van der Waals surface area contributed by atoms with Gasteiger partial charge in [-0.05, 0) is 41.5 Å². The molecule has 8 heteroatoms. The summed E-state index contributed by atoms with van der Waals surface area (Å²) in [4.78, 5) is 33.2. The maximum atomic E-state index is 14.3. The highest BCUT2D eigenvalue weighted by atomic mass is 19.1. The van der Waals surface area contributed by atoms with E-state index in [-0.39, 0.29) is 30.0 Å². The lowest BCUT2D eigenvalue weighted by atomic mass is 9.78. The number of fused-ring (bicyclic) bond motifs is 1. The predicted octanol–water partition coefficient (Wildman–Crippen LogP) is 4.24. The predicted molar refractivity (Wildman–Crippen MR) is 136 cm³/mol. The molecule has 5 rings (SSSR count). The quantitative estimate of drug-likeness (QED) is 0.503. The van der Waals surface area contributed by atoms with Gasteiger partial charge in [-0.1, -0.05) is 42.5 Å². The van der Waals surface area contributed by atoms with Crippen LogP contribution in [-0.4, -0.2) is 68.1 Å². The Hall–Kier alpha value is -3.78. The van der Waals surface area contributed by atoms with E-state index in [1.807, 2.05) is 17.0 Å². The molecule has 192 valence electrons. The first-order valence-electron chi connectivity index (χ1n) is 12.4. The van der Waals surface area contributed by atoms with E-state index in [2.05, 4.69) is 0 Å². The summed E-state index contributed by atoms with van der Waals surface area (Å²) in [5.41, 5.74) is 2.36. The molecule has 6 nitrogen and oxygen atoms in total. The molecule has 2 aliphatic rings. The maximum absolute atomic E-state index is 14.3. The lowest BCUT2D eigenvalue weighted by Crippen LogP contribution is -2.54. The van der Waals surface area contributed by atoms with Gasteiger partial charge in [0.2, 0.25) is 5.91 Å². The summed E-state index contributed by atoms with van der Waals surface area (Å²) in [5, 5.41) is 0. The number of carbonyl (C=O) groups excluding carboxylic acids is 2. The van der Waals surface area contributed by atoms with Crippen LogP contribution in [0.25, 0.3) is 0 Å². The third-order valence-electron chi connectivity index (χ3n) is 7.24. The van der Waals surface area contributed by atoms with Crippen molar-refractivity contribution < 1.29 is 23.1 Å². The zero-order chi connectivity index (χ0) is 25.9. The SMILES string of the molecule is COCCN1C(=O)c2ccccc2[C@H](C(=O)N2CCN(c3ccccc3F)CC2)[C@@H]1c1ccc(F)cc1. The van der Waals surface area contributed by atoms with Crippen molar-refractivity contribution in [2.24, 2.45) is 0 Å². The summed E-state index contributed by atoms with van der Waals surface area (Å²) < 4.78 is 33.4. The van der Waals surface area contributed by atoms with Crippen molar-refractivity contribution in [1.29, 1.82) is 0 Å². The molecule has 0 unspecified atom stereocenters. The van der Waals surface area contributed by atoms with Crippen molar-refractivity contribution in [2.75, 3.05) is 51.3 Å². The first-order chi connectivity index (χ1) is 18.0. The van der Waals surface area contributed by atoms with Crippen LogP contribution in [0.2, 0.25) is 0 Å². The van der Waals surface area contributed by atoms with E-state index >= 15 is 0 Å². The van der Waals surface area contributed by atoms with Crippen LogP contribution >= 0.6 is 0 Å². The molecule has 1 saturated heterocycles. The van der Waals surface area contributed by atoms with Gasteiger partial charge in [-0.2, -0.15) is 0 Å². The standard InChI is InChI=1S/C29H29F2N3O3/c1-37-19-18-34-27(20-10-12-21(30)13-11-20)26(22-6-2-3-7-23(22)28(34)35)29(36)33-16-14-32(15-17-33)25-9-5-4-8-24(25)31/h2-13,26-27H,14-19H2,1H3/t26-,27-/m0/s1. The molecule has 37 heavy (non-hydrogen) atoms. The largest absolute Gasteiger partial charge is 0.383 e. The molecule has 2 atom stereocenters. The molecule has 0 bridgehead atoms. The molecule has 0 aliphatic carbocycles. The lowest BCUT2D eigenvalue weighted by Gasteiger charge is -2.44. The smallest absolute Gasteiger partial charge is 0.254 e. The minimum atomic E-state index is -0.670. The van der Waals surface area contributed by atoms with E-state index in [9.17, 15) is 18.4 Å². The van der Waals surface area contributed by atoms with Crippen molar-refractivity contribution in [3.05, 3.63) is 101 Å². The fourth-order valence-corrected chi connectivity index (χ4v) is 5.40. The molecule has 0 aromatic heterocycles. The van der Waals surface area contributed by atoms with Crippen LogP contribution in [0.1, 0.15) is 33.4 Å². The maximum Gasteiger partial charge on any atom is 0.254 e. The van der Waals surface area contributed by atoms with Crippen LogP contribution < -0.4 is 4.90 Å². The molecule has 3 aromatic carbocycles. The van der Waals surface area contributed by atoms with E-state index in [1.54, 1.807) is 59.4 Å². The average molecular weight is 506 g/mol. The summed E-state index contributed by atoms with van der Waals surface area (Å²) in [5.74, 6) is -1.63. The number of ether oxygens (including phenoxy) is 1. The second kappa shape index (κ2) is 10.7. The van der Waals surface area contributed by atoms with Crippen LogP contribution in [0.3, 0.4) is 0 Å². The fraction of sp³-hybridized carbons (Fsp3) is 0.310. The number of anilines is 1. The first kappa shape index (κ1) is 24.9. The highest BCUT2D eigenvalue weighted by Gasteiger charge is 2.45. The van der Waals surface area contributed by atoms with E-state index < -0.39 is 12.0 Å². The fourth-order valence-electron chi connectivity index (χ4n) is 5.40. The van der Waals surface area contributed by atoms with Gasteiger partial charge in [0.25, 0.3) is 5.91 Å². The number of benzene rings is 3. The number of para-hydroxylation sites is 1. The molecule has 0 spiro atoms. The number of halogens is 2. The monoisotopic (exact) mass is 505 g/mol. The molecule has 0 saturated carbocycles. The lowest BCUT2D eigenvalue weighted by molar-refractivity contribution is -0.135. The number of piperazine rings is 1. The van der Waals surface area contributed by atoms with Crippen LogP contribution in [0.4, 0.5) is 14.5 Å². The second-order valence-electron chi connectivity index (χ2n) is 9.32. The minimum Gasteiger partial charge on any atom is -0.383 e. The molecule has 1 fully saturated rings. The Morgan fingerprint density at radius 2 is 1.59 bits per heavy atom. The van der Waals surface area contributed by atoms with Gasteiger partial charge in [-0.25, -0.2) is 8.78 Å². The number of amides is 2. The normalized spacial score (nSPS) is 19.6. The van der Waals surface area contributed by atoms with Crippen molar-refractivity contribution >= 4 is 17.5 Å². The Morgan fingerprint density at radius 1 is 0.919 bits per heavy atom. The Bertz CT molecular complexity index is 1280. The van der Waals surface area contributed by atoms with Gasteiger partial charge in [0.05, 0.1) is 24.3 Å². The van der Waals surface area contributed by atoms with E-state index in [0.717, 1.165) is 0 Å². The topological polar surface area (TPSA) is 53.1 Å². The highest BCUT2D eigenvalue weighted by Crippen LogP contribution is 2.43. The summed E-state index contributed by atoms with van der Waals surface area (Å²) in [6.45, 7) is 2.43. The third-order valence-corrected chi connectivity index (χ3v) is 7.24. The van der Waals surface area contributed by atoms with Crippen molar-refractivity contribution in [2.45, 2.75) is 12.0 Å². The molecule has 2 amide bonds. The first-order valence-corrected chi connectivity index (χ1v) is 12.4. The van der Waals surface area contributed by atoms with Gasteiger partial charge in [0, 0.05) is 45.4 Å². The van der Waals surface area contributed by atoms with Crippen LogP contribution in [0.5, 0.6) is 0 Å². The zero-order valence-corrected chi connectivity index (χ0v) is 20.6. The Balaban J connectivity index is 1.49. The Morgan fingerprint density at radius 3 is 2.30 bits per heavy atom. The molecule has 2 aliphatic heterocycles. The summed E-state index contributed by atoms with van der Waals surface area (Å²) >= 11 is 0. The Kier molecular flexibility index (Phi) is 7.19.